The second kappa shape index (κ2) is 10.5. The Labute approximate surface area is 182 Å². The highest BCUT2D eigenvalue weighted by atomic mass is 35.5. The molecule has 0 bridgehead atoms. The zero-order valence-electron chi connectivity index (χ0n) is 15.9. The van der Waals surface area contributed by atoms with Crippen LogP contribution in [0.2, 0.25) is 0 Å². The minimum absolute atomic E-state index is 0. The predicted molar refractivity (Wildman–Crippen MR) is 115 cm³/mol. The third kappa shape index (κ3) is 5.24. The molecule has 2 aromatic rings. The molecule has 28 heavy (non-hydrogen) atoms. The molecule has 0 spiro atoms. The third-order valence-corrected chi connectivity index (χ3v) is 6.19. The monoisotopic (exact) mass is 447 g/mol. The molecular formula is C18H27Cl2N5O2S. The maximum atomic E-state index is 12.8. The number of hydrogen-bond donors (Lipinski definition) is 1. The van der Waals surface area contributed by atoms with E-state index in [1.165, 1.54) is 0 Å². The number of aryl methyl sites for hydroxylation is 1. The topological polar surface area (TPSA) is 66.5 Å². The average molecular weight is 448 g/mol. The highest BCUT2D eigenvalue weighted by Crippen LogP contribution is 2.24. The maximum absolute atomic E-state index is 12.8. The largest absolute Gasteiger partial charge is 0.455 e. The van der Waals surface area contributed by atoms with E-state index in [-0.39, 0.29) is 30.7 Å². The smallest absolute Gasteiger partial charge is 0.289 e. The van der Waals surface area contributed by atoms with Crippen molar-refractivity contribution in [2.75, 3.05) is 39.3 Å². The fourth-order valence-electron chi connectivity index (χ4n) is 3.62. The summed E-state index contributed by atoms with van der Waals surface area (Å²) < 4.78 is 7.78. The zero-order chi connectivity index (χ0) is 17.9. The summed E-state index contributed by atoms with van der Waals surface area (Å²) >= 11 is 1.60. The molecule has 4 rings (SSSR count). The maximum Gasteiger partial charge on any atom is 0.289 e. The van der Waals surface area contributed by atoms with E-state index in [1.807, 2.05) is 28.8 Å². The van der Waals surface area contributed by atoms with Gasteiger partial charge in [0.2, 0.25) is 0 Å². The summed E-state index contributed by atoms with van der Waals surface area (Å²) in [7, 11) is 1.97. The van der Waals surface area contributed by atoms with Gasteiger partial charge in [0, 0.05) is 64.8 Å². The van der Waals surface area contributed by atoms with Crippen LogP contribution < -0.4 is 5.32 Å². The zero-order valence-corrected chi connectivity index (χ0v) is 18.3. The van der Waals surface area contributed by atoms with Gasteiger partial charge in [-0.2, -0.15) is 0 Å². The van der Waals surface area contributed by atoms with Crippen LogP contribution in [-0.4, -0.2) is 70.6 Å². The van der Waals surface area contributed by atoms with Crippen molar-refractivity contribution in [2.45, 2.75) is 23.4 Å². The van der Waals surface area contributed by atoms with E-state index in [1.54, 1.807) is 24.0 Å². The van der Waals surface area contributed by atoms with E-state index in [0.717, 1.165) is 56.6 Å². The van der Waals surface area contributed by atoms with Gasteiger partial charge in [-0.25, -0.2) is 4.98 Å². The highest BCUT2D eigenvalue weighted by Gasteiger charge is 2.32. The molecule has 0 saturated carbocycles. The highest BCUT2D eigenvalue weighted by molar-refractivity contribution is 7.98. The molecule has 1 amide bonds. The number of nitrogens with one attached hydrogen (secondary N) is 1. The quantitative estimate of drug-likeness (QED) is 0.708. The second-order valence-corrected chi connectivity index (χ2v) is 7.80. The fourth-order valence-corrected chi connectivity index (χ4v) is 4.45. The Morgan fingerprint density at radius 2 is 2.07 bits per heavy atom. The number of aromatic nitrogens is 2. The molecule has 2 aliphatic rings. The summed E-state index contributed by atoms with van der Waals surface area (Å²) in [4.78, 5) is 21.5. The molecule has 2 saturated heterocycles. The number of likely N-dealkylation sites (tertiary alicyclic amines) is 1. The van der Waals surface area contributed by atoms with Gasteiger partial charge >= 0.3 is 0 Å². The third-order valence-electron chi connectivity index (χ3n) is 5.11. The average Bonchev–Trinajstić information content (AvgIpc) is 3.41. The molecule has 4 heterocycles. The van der Waals surface area contributed by atoms with E-state index in [4.69, 9.17) is 4.42 Å². The molecule has 2 fully saturated rings. The van der Waals surface area contributed by atoms with Crippen molar-refractivity contribution < 1.29 is 9.21 Å². The number of imidazole rings is 1. The van der Waals surface area contributed by atoms with Crippen molar-refractivity contribution >= 4 is 42.5 Å². The van der Waals surface area contributed by atoms with Gasteiger partial charge in [-0.3, -0.25) is 9.69 Å². The lowest BCUT2D eigenvalue weighted by Crippen LogP contribution is -2.49. The number of furan rings is 1. The number of rotatable bonds is 5. The number of nitrogens with zero attached hydrogens (tertiary/aromatic N) is 4. The molecular weight excluding hydrogens is 421 g/mol. The molecule has 1 unspecified atom stereocenters. The van der Waals surface area contributed by atoms with Crippen molar-refractivity contribution in [3.05, 3.63) is 36.0 Å². The molecule has 0 aromatic carbocycles. The summed E-state index contributed by atoms with van der Waals surface area (Å²) in [6, 6.07) is 4.18. The Kier molecular flexibility index (Phi) is 8.70. The standard InChI is InChI=1S/C18H25N5O2S.2ClH/c1-21-9-7-20-18(21)26-13-15-2-3-16(25-15)17(24)23-8-4-14(12-23)22-10-5-19-6-11-22;;/h2-3,7,9,14,19H,4-6,8,10-13H2,1H3;2*1H. The van der Waals surface area contributed by atoms with Crippen LogP contribution in [0.4, 0.5) is 0 Å². The van der Waals surface area contributed by atoms with E-state index in [0.29, 0.717) is 17.6 Å². The van der Waals surface area contributed by atoms with Gasteiger partial charge in [0.25, 0.3) is 5.91 Å². The molecule has 10 heteroatoms. The van der Waals surface area contributed by atoms with Gasteiger partial charge in [-0.15, -0.1) is 24.8 Å². The molecule has 1 N–H and O–H groups in total. The lowest BCUT2D eigenvalue weighted by atomic mass is 10.2. The first kappa shape index (κ1) is 23.1. The van der Waals surface area contributed by atoms with Crippen LogP contribution in [0, 0.1) is 0 Å². The van der Waals surface area contributed by atoms with Crippen molar-refractivity contribution in [1.82, 2.24) is 24.7 Å². The summed E-state index contributed by atoms with van der Waals surface area (Å²) in [5, 5.41) is 4.32. The Hall–Kier alpha value is -1.19. The summed E-state index contributed by atoms with van der Waals surface area (Å²) in [5.41, 5.74) is 0. The van der Waals surface area contributed by atoms with Crippen molar-refractivity contribution in [3.8, 4) is 0 Å². The Morgan fingerprint density at radius 1 is 1.29 bits per heavy atom. The first-order chi connectivity index (χ1) is 12.7. The normalized spacial score (nSPS) is 19.9. The van der Waals surface area contributed by atoms with E-state index >= 15 is 0 Å². The molecule has 2 aromatic heterocycles. The Balaban J connectivity index is 0.00000140. The lowest BCUT2D eigenvalue weighted by molar-refractivity contribution is 0.0740. The van der Waals surface area contributed by atoms with E-state index in [2.05, 4.69) is 15.2 Å². The van der Waals surface area contributed by atoms with Crippen molar-refractivity contribution in [2.24, 2.45) is 7.05 Å². The van der Waals surface area contributed by atoms with Crippen molar-refractivity contribution in [3.63, 3.8) is 0 Å². The van der Waals surface area contributed by atoms with Crippen molar-refractivity contribution in [1.29, 1.82) is 0 Å². The van der Waals surface area contributed by atoms with Crippen LogP contribution in [0.3, 0.4) is 0 Å². The minimum Gasteiger partial charge on any atom is -0.455 e. The van der Waals surface area contributed by atoms with Gasteiger partial charge in [-0.05, 0) is 18.6 Å². The van der Waals surface area contributed by atoms with Crippen LogP contribution >= 0.6 is 36.6 Å². The Bertz CT molecular complexity index is 763. The molecule has 156 valence electrons. The number of halogens is 2. The minimum atomic E-state index is 0. The summed E-state index contributed by atoms with van der Waals surface area (Å²) in [6.07, 6.45) is 4.75. The number of hydrogen-bond acceptors (Lipinski definition) is 6. The van der Waals surface area contributed by atoms with E-state index < -0.39 is 0 Å². The molecule has 1 atom stereocenters. The van der Waals surface area contributed by atoms with Crippen LogP contribution in [-0.2, 0) is 12.8 Å². The fraction of sp³-hybridized carbons (Fsp3) is 0.556. The van der Waals surface area contributed by atoms with Crippen LogP contribution in [0.25, 0.3) is 0 Å². The van der Waals surface area contributed by atoms with Gasteiger partial charge in [-0.1, -0.05) is 11.8 Å². The number of piperazine rings is 1. The first-order valence-electron chi connectivity index (χ1n) is 9.13. The van der Waals surface area contributed by atoms with Crippen LogP contribution in [0.1, 0.15) is 22.7 Å². The molecule has 0 aliphatic carbocycles. The Morgan fingerprint density at radius 3 is 2.79 bits per heavy atom. The van der Waals surface area contributed by atoms with E-state index in [9.17, 15) is 4.79 Å². The van der Waals surface area contributed by atoms with Crippen LogP contribution in [0.5, 0.6) is 0 Å². The molecule has 7 nitrogen and oxygen atoms in total. The van der Waals surface area contributed by atoms with Gasteiger partial charge in [0.05, 0.1) is 5.75 Å². The number of thioether (sulfide) groups is 1. The predicted octanol–water partition coefficient (Wildman–Crippen LogP) is 2.27. The van der Waals surface area contributed by atoms with Crippen LogP contribution in [0.15, 0.2) is 34.1 Å². The summed E-state index contributed by atoms with van der Waals surface area (Å²) in [6.45, 7) is 5.84. The summed E-state index contributed by atoms with van der Waals surface area (Å²) in [5.74, 6) is 1.93. The SMILES string of the molecule is Cl.Cl.Cn1ccnc1SCc1ccc(C(=O)N2CCC(N3CCNCC3)C2)o1. The number of carbonyl (C=O) groups is 1. The second-order valence-electron chi connectivity index (χ2n) is 6.85. The molecule has 2 aliphatic heterocycles. The van der Waals surface area contributed by atoms with Gasteiger partial charge in [0.1, 0.15) is 5.76 Å². The van der Waals surface area contributed by atoms with Gasteiger partial charge < -0.3 is 19.2 Å². The lowest BCUT2D eigenvalue weighted by Gasteiger charge is -2.32. The first-order valence-corrected chi connectivity index (χ1v) is 10.1. The number of carbonyl (C=O) groups excluding carboxylic acids is 1. The van der Waals surface area contributed by atoms with Gasteiger partial charge in [0.15, 0.2) is 10.9 Å². The number of amides is 1. The molecule has 0 radical (unpaired) electrons.